The largest absolute Gasteiger partial charge is 0.447 e. The van der Waals surface area contributed by atoms with Crippen molar-refractivity contribution in [2.45, 2.75) is 52.0 Å². The molecule has 0 aliphatic carbocycles. The molecule has 1 aromatic rings. The van der Waals surface area contributed by atoms with Crippen molar-refractivity contribution in [1.82, 2.24) is 4.90 Å². The van der Waals surface area contributed by atoms with Crippen LogP contribution >= 0.6 is 0 Å². The first kappa shape index (κ1) is 18.9. The van der Waals surface area contributed by atoms with Gasteiger partial charge in [0, 0.05) is 5.92 Å². The number of imide groups is 1. The highest BCUT2D eigenvalue weighted by molar-refractivity contribution is 5.94. The molecule has 6 heteroatoms. The Bertz CT molecular complexity index is 659. The zero-order chi connectivity index (χ0) is 18.9. The fourth-order valence-corrected chi connectivity index (χ4v) is 3.51. The molecular formula is C20H27NO5. The van der Waals surface area contributed by atoms with E-state index >= 15 is 0 Å². The molecule has 142 valence electrons. The van der Waals surface area contributed by atoms with Gasteiger partial charge in [-0.15, -0.1) is 0 Å². The van der Waals surface area contributed by atoms with Crippen LogP contribution in [0.2, 0.25) is 0 Å². The molecule has 0 bridgehead atoms. The standard InChI is InChI=1S/C20H27NO5/c1-13(17-12-25-20(3,4)26-17)14(2)18(22)21-16(11-24-19(21)23)10-15-8-6-5-7-9-15/h5-9,13-14,16-17H,10-12H2,1-4H3. The second kappa shape index (κ2) is 7.37. The average Bonchev–Trinajstić information content (AvgIpc) is 3.16. The Balaban J connectivity index is 1.69. The molecule has 4 atom stereocenters. The molecule has 26 heavy (non-hydrogen) atoms. The quantitative estimate of drug-likeness (QED) is 0.807. The van der Waals surface area contributed by atoms with E-state index in [0.717, 1.165) is 5.56 Å². The van der Waals surface area contributed by atoms with Crippen molar-refractivity contribution in [3.63, 3.8) is 0 Å². The Morgan fingerprint density at radius 2 is 1.92 bits per heavy atom. The Labute approximate surface area is 154 Å². The first-order chi connectivity index (χ1) is 12.3. The lowest BCUT2D eigenvalue weighted by atomic mass is 9.89. The molecule has 0 N–H and O–H groups in total. The van der Waals surface area contributed by atoms with Crippen molar-refractivity contribution in [2.75, 3.05) is 13.2 Å². The maximum atomic E-state index is 13.0. The topological polar surface area (TPSA) is 65.1 Å². The average molecular weight is 361 g/mol. The van der Waals surface area contributed by atoms with E-state index in [0.29, 0.717) is 13.0 Å². The molecule has 2 aliphatic rings. The minimum atomic E-state index is -0.635. The van der Waals surface area contributed by atoms with Crippen LogP contribution in [0, 0.1) is 11.8 Å². The zero-order valence-corrected chi connectivity index (χ0v) is 15.8. The van der Waals surface area contributed by atoms with Gasteiger partial charge in [0.05, 0.1) is 18.8 Å². The monoisotopic (exact) mass is 361 g/mol. The molecule has 1 aromatic carbocycles. The summed E-state index contributed by atoms with van der Waals surface area (Å²) in [7, 11) is 0. The maximum Gasteiger partial charge on any atom is 0.416 e. The Kier molecular flexibility index (Phi) is 5.34. The van der Waals surface area contributed by atoms with E-state index in [1.807, 2.05) is 58.0 Å². The predicted octanol–water partition coefficient (Wildman–Crippen LogP) is 3.00. The number of carbonyl (C=O) groups is 2. The summed E-state index contributed by atoms with van der Waals surface area (Å²) in [5, 5.41) is 0. The van der Waals surface area contributed by atoms with Gasteiger partial charge in [-0.2, -0.15) is 0 Å². The summed E-state index contributed by atoms with van der Waals surface area (Å²) < 4.78 is 16.7. The van der Waals surface area contributed by atoms with E-state index in [2.05, 4.69) is 0 Å². The molecule has 0 radical (unpaired) electrons. The normalized spacial score (nSPS) is 27.2. The highest BCUT2D eigenvalue weighted by Crippen LogP contribution is 2.32. The predicted molar refractivity (Wildman–Crippen MR) is 95.4 cm³/mol. The van der Waals surface area contributed by atoms with Gasteiger partial charge in [-0.3, -0.25) is 4.79 Å². The zero-order valence-electron chi connectivity index (χ0n) is 15.8. The van der Waals surface area contributed by atoms with Crippen LogP contribution in [-0.2, 0) is 25.4 Å². The molecule has 6 nitrogen and oxygen atoms in total. The van der Waals surface area contributed by atoms with Crippen LogP contribution in [0.1, 0.15) is 33.3 Å². The second-order valence-electron chi connectivity index (χ2n) is 7.64. The minimum absolute atomic E-state index is 0.0740. The third-order valence-electron chi connectivity index (χ3n) is 5.31. The number of benzene rings is 1. The molecule has 4 unspecified atom stereocenters. The molecule has 2 amide bonds. The first-order valence-corrected chi connectivity index (χ1v) is 9.14. The third-order valence-corrected chi connectivity index (χ3v) is 5.31. The molecule has 0 saturated carbocycles. The summed E-state index contributed by atoms with van der Waals surface area (Å²) in [5.74, 6) is -1.30. The number of carbonyl (C=O) groups excluding carboxylic acids is 2. The maximum absolute atomic E-state index is 13.0. The molecular weight excluding hydrogens is 334 g/mol. The number of hydrogen-bond donors (Lipinski definition) is 0. The minimum Gasteiger partial charge on any atom is -0.447 e. The van der Waals surface area contributed by atoms with E-state index in [9.17, 15) is 9.59 Å². The molecule has 2 saturated heterocycles. The lowest BCUT2D eigenvalue weighted by molar-refractivity contribution is -0.151. The van der Waals surface area contributed by atoms with E-state index in [1.165, 1.54) is 4.90 Å². The van der Waals surface area contributed by atoms with Crippen molar-refractivity contribution in [1.29, 1.82) is 0 Å². The van der Waals surface area contributed by atoms with Crippen LogP contribution in [0.5, 0.6) is 0 Å². The molecule has 2 heterocycles. The number of rotatable bonds is 5. The van der Waals surface area contributed by atoms with Crippen LogP contribution in [0.15, 0.2) is 30.3 Å². The number of cyclic esters (lactones) is 1. The summed E-state index contributed by atoms with van der Waals surface area (Å²) in [4.78, 5) is 26.5. The van der Waals surface area contributed by atoms with Gasteiger partial charge in [0.2, 0.25) is 5.91 Å². The summed E-state index contributed by atoms with van der Waals surface area (Å²) in [6.07, 6.45) is -0.135. The number of ether oxygens (including phenoxy) is 3. The van der Waals surface area contributed by atoms with E-state index in [-0.39, 0.29) is 36.5 Å². The molecule has 3 rings (SSSR count). The SMILES string of the molecule is CC(C(=O)N1C(=O)OCC1Cc1ccccc1)C(C)C1COC(C)(C)O1. The Morgan fingerprint density at radius 3 is 2.54 bits per heavy atom. The molecule has 2 fully saturated rings. The number of amides is 2. The number of hydrogen-bond acceptors (Lipinski definition) is 5. The Hall–Kier alpha value is -1.92. The lowest BCUT2D eigenvalue weighted by Gasteiger charge is -2.29. The Morgan fingerprint density at radius 1 is 1.23 bits per heavy atom. The van der Waals surface area contributed by atoms with Gasteiger partial charge < -0.3 is 14.2 Å². The highest BCUT2D eigenvalue weighted by atomic mass is 16.7. The van der Waals surface area contributed by atoms with Gasteiger partial charge in [0.1, 0.15) is 6.61 Å². The van der Waals surface area contributed by atoms with Crippen molar-refractivity contribution in [3.05, 3.63) is 35.9 Å². The van der Waals surface area contributed by atoms with Gasteiger partial charge in [-0.05, 0) is 31.7 Å². The van der Waals surface area contributed by atoms with Crippen molar-refractivity contribution >= 4 is 12.0 Å². The second-order valence-corrected chi connectivity index (χ2v) is 7.64. The van der Waals surface area contributed by atoms with Crippen LogP contribution in [0.4, 0.5) is 4.79 Å². The fourth-order valence-electron chi connectivity index (χ4n) is 3.51. The molecule has 2 aliphatic heterocycles. The molecule has 0 spiro atoms. The molecule has 0 aromatic heterocycles. The van der Waals surface area contributed by atoms with Gasteiger partial charge in [-0.25, -0.2) is 9.69 Å². The summed E-state index contributed by atoms with van der Waals surface area (Å²) >= 11 is 0. The van der Waals surface area contributed by atoms with Crippen LogP contribution < -0.4 is 0 Å². The van der Waals surface area contributed by atoms with Gasteiger partial charge >= 0.3 is 6.09 Å². The smallest absolute Gasteiger partial charge is 0.416 e. The lowest BCUT2D eigenvalue weighted by Crippen LogP contribution is -2.46. The summed E-state index contributed by atoms with van der Waals surface area (Å²) in [6, 6.07) is 9.54. The van der Waals surface area contributed by atoms with Crippen LogP contribution in [0.3, 0.4) is 0 Å². The summed E-state index contributed by atoms with van der Waals surface area (Å²) in [5.41, 5.74) is 1.07. The third kappa shape index (κ3) is 3.91. The van der Waals surface area contributed by atoms with E-state index in [1.54, 1.807) is 0 Å². The van der Waals surface area contributed by atoms with Crippen LogP contribution in [-0.4, -0.2) is 48.0 Å². The van der Waals surface area contributed by atoms with Gasteiger partial charge in [0.25, 0.3) is 0 Å². The fraction of sp³-hybridized carbons (Fsp3) is 0.600. The summed E-state index contributed by atoms with van der Waals surface area (Å²) in [6.45, 7) is 8.21. The van der Waals surface area contributed by atoms with Gasteiger partial charge in [-0.1, -0.05) is 44.2 Å². The van der Waals surface area contributed by atoms with Gasteiger partial charge in [0.15, 0.2) is 5.79 Å². The van der Waals surface area contributed by atoms with Crippen molar-refractivity contribution < 1.29 is 23.8 Å². The number of nitrogens with zero attached hydrogens (tertiary/aromatic N) is 1. The highest BCUT2D eigenvalue weighted by Gasteiger charge is 2.44. The van der Waals surface area contributed by atoms with E-state index < -0.39 is 11.9 Å². The first-order valence-electron chi connectivity index (χ1n) is 9.14. The van der Waals surface area contributed by atoms with E-state index in [4.69, 9.17) is 14.2 Å². The van der Waals surface area contributed by atoms with Crippen molar-refractivity contribution in [2.24, 2.45) is 11.8 Å². The van der Waals surface area contributed by atoms with Crippen molar-refractivity contribution in [3.8, 4) is 0 Å². The van der Waals surface area contributed by atoms with Crippen LogP contribution in [0.25, 0.3) is 0 Å².